The number of nitrogens with zero attached hydrogens (tertiary/aromatic N) is 2. The number of hydrogen-bond donors (Lipinski definition) is 1. The van der Waals surface area contributed by atoms with E-state index in [1.807, 2.05) is 25.7 Å². The van der Waals surface area contributed by atoms with Crippen LogP contribution in [0.2, 0.25) is 0 Å². The van der Waals surface area contributed by atoms with Crippen molar-refractivity contribution >= 4 is 15.7 Å². The SMILES string of the molecule is CCN(C(=O)CN(CCCO)C(C)C)C1CCS(=O)(=O)C1. The molecule has 0 aromatic rings. The Morgan fingerprint density at radius 3 is 2.48 bits per heavy atom. The van der Waals surface area contributed by atoms with Crippen molar-refractivity contribution in [2.45, 2.75) is 45.7 Å². The number of aliphatic hydroxyl groups excluding tert-OH is 1. The highest BCUT2D eigenvalue weighted by molar-refractivity contribution is 7.91. The number of sulfone groups is 1. The second-order valence-electron chi connectivity index (χ2n) is 5.88. The first-order valence-electron chi connectivity index (χ1n) is 7.65. The van der Waals surface area contributed by atoms with E-state index in [2.05, 4.69) is 0 Å². The molecular formula is C14H28N2O4S. The lowest BCUT2D eigenvalue weighted by atomic mass is 10.2. The van der Waals surface area contributed by atoms with Crippen molar-refractivity contribution in [2.75, 3.05) is 37.7 Å². The second-order valence-corrected chi connectivity index (χ2v) is 8.11. The van der Waals surface area contributed by atoms with E-state index in [9.17, 15) is 13.2 Å². The zero-order valence-corrected chi connectivity index (χ0v) is 14.1. The van der Waals surface area contributed by atoms with Crippen molar-refractivity contribution in [1.29, 1.82) is 0 Å². The van der Waals surface area contributed by atoms with Gasteiger partial charge in [0.15, 0.2) is 9.84 Å². The van der Waals surface area contributed by atoms with Gasteiger partial charge in [-0.25, -0.2) is 8.42 Å². The molecule has 1 rings (SSSR count). The fourth-order valence-electron chi connectivity index (χ4n) is 2.72. The van der Waals surface area contributed by atoms with Gasteiger partial charge in [0.25, 0.3) is 0 Å². The average Bonchev–Trinajstić information content (AvgIpc) is 2.75. The summed E-state index contributed by atoms with van der Waals surface area (Å²) < 4.78 is 23.2. The number of carbonyl (C=O) groups excluding carboxylic acids is 1. The summed E-state index contributed by atoms with van der Waals surface area (Å²) in [6.07, 6.45) is 1.18. The molecule has 1 fully saturated rings. The summed E-state index contributed by atoms with van der Waals surface area (Å²) >= 11 is 0. The predicted octanol–water partition coefficient (Wildman–Crippen LogP) is 0.115. The molecule has 0 aliphatic carbocycles. The van der Waals surface area contributed by atoms with Gasteiger partial charge in [-0.15, -0.1) is 0 Å². The lowest BCUT2D eigenvalue weighted by Gasteiger charge is -2.32. The van der Waals surface area contributed by atoms with Gasteiger partial charge in [-0.3, -0.25) is 9.69 Å². The zero-order chi connectivity index (χ0) is 16.0. The van der Waals surface area contributed by atoms with Crippen LogP contribution in [0, 0.1) is 0 Å². The Morgan fingerprint density at radius 2 is 2.05 bits per heavy atom. The molecule has 1 heterocycles. The van der Waals surface area contributed by atoms with Gasteiger partial charge in [-0.1, -0.05) is 0 Å². The van der Waals surface area contributed by atoms with Crippen LogP contribution in [-0.4, -0.2) is 79.1 Å². The first-order valence-corrected chi connectivity index (χ1v) is 9.47. The molecule has 21 heavy (non-hydrogen) atoms. The monoisotopic (exact) mass is 320 g/mol. The lowest BCUT2D eigenvalue weighted by Crippen LogP contribution is -2.47. The minimum absolute atomic E-state index is 0.0220. The highest BCUT2D eigenvalue weighted by Crippen LogP contribution is 2.18. The molecule has 1 amide bonds. The molecular weight excluding hydrogens is 292 g/mol. The highest BCUT2D eigenvalue weighted by atomic mass is 32.2. The summed E-state index contributed by atoms with van der Waals surface area (Å²) in [5, 5.41) is 8.93. The number of hydrogen-bond acceptors (Lipinski definition) is 5. The van der Waals surface area contributed by atoms with Crippen molar-refractivity contribution in [3.05, 3.63) is 0 Å². The molecule has 1 N–H and O–H groups in total. The number of amides is 1. The smallest absolute Gasteiger partial charge is 0.237 e. The van der Waals surface area contributed by atoms with Crippen molar-refractivity contribution < 1.29 is 18.3 Å². The van der Waals surface area contributed by atoms with Crippen molar-refractivity contribution in [3.63, 3.8) is 0 Å². The largest absolute Gasteiger partial charge is 0.396 e. The molecule has 1 aliphatic rings. The first-order chi connectivity index (χ1) is 9.80. The van der Waals surface area contributed by atoms with Gasteiger partial charge in [0, 0.05) is 31.8 Å². The van der Waals surface area contributed by atoms with E-state index in [1.54, 1.807) is 4.90 Å². The molecule has 1 unspecified atom stereocenters. The Hall–Kier alpha value is -0.660. The molecule has 6 nitrogen and oxygen atoms in total. The number of likely N-dealkylation sites (N-methyl/N-ethyl adjacent to an activating group) is 1. The Morgan fingerprint density at radius 1 is 1.38 bits per heavy atom. The normalized spacial score (nSPS) is 21.1. The molecule has 124 valence electrons. The van der Waals surface area contributed by atoms with Crippen LogP contribution < -0.4 is 0 Å². The summed E-state index contributed by atoms with van der Waals surface area (Å²) in [6.45, 7) is 7.50. The zero-order valence-electron chi connectivity index (χ0n) is 13.3. The Bertz CT molecular complexity index is 436. The molecule has 0 saturated carbocycles. The van der Waals surface area contributed by atoms with Crippen LogP contribution in [-0.2, 0) is 14.6 Å². The van der Waals surface area contributed by atoms with E-state index < -0.39 is 9.84 Å². The maximum Gasteiger partial charge on any atom is 0.237 e. The summed E-state index contributed by atoms with van der Waals surface area (Å²) in [7, 11) is -2.98. The van der Waals surface area contributed by atoms with E-state index in [0.29, 0.717) is 25.9 Å². The lowest BCUT2D eigenvalue weighted by molar-refractivity contribution is -0.134. The van der Waals surface area contributed by atoms with E-state index >= 15 is 0 Å². The van der Waals surface area contributed by atoms with Crippen LogP contribution in [0.5, 0.6) is 0 Å². The average molecular weight is 320 g/mol. The van der Waals surface area contributed by atoms with E-state index in [0.717, 1.165) is 0 Å². The molecule has 1 atom stereocenters. The fourth-order valence-corrected chi connectivity index (χ4v) is 4.45. The summed E-state index contributed by atoms with van der Waals surface area (Å²) in [4.78, 5) is 16.2. The topological polar surface area (TPSA) is 77.9 Å². The van der Waals surface area contributed by atoms with Crippen LogP contribution in [0.1, 0.15) is 33.6 Å². The Balaban J connectivity index is 2.65. The van der Waals surface area contributed by atoms with Crippen molar-refractivity contribution in [2.24, 2.45) is 0 Å². The number of aliphatic hydroxyl groups is 1. The number of rotatable bonds is 8. The minimum Gasteiger partial charge on any atom is -0.396 e. The molecule has 0 aromatic carbocycles. The Kier molecular flexibility index (Phi) is 7.09. The van der Waals surface area contributed by atoms with Crippen LogP contribution in [0.15, 0.2) is 0 Å². The third kappa shape index (κ3) is 5.56. The van der Waals surface area contributed by atoms with E-state index in [-0.39, 0.29) is 42.6 Å². The molecule has 0 spiro atoms. The van der Waals surface area contributed by atoms with E-state index in [1.165, 1.54) is 0 Å². The van der Waals surface area contributed by atoms with Crippen molar-refractivity contribution in [3.8, 4) is 0 Å². The van der Waals surface area contributed by atoms with Gasteiger partial charge in [0.2, 0.25) is 5.91 Å². The Labute approximate surface area is 128 Å². The third-order valence-electron chi connectivity index (χ3n) is 3.98. The van der Waals surface area contributed by atoms with Gasteiger partial charge < -0.3 is 10.0 Å². The van der Waals surface area contributed by atoms with E-state index in [4.69, 9.17) is 5.11 Å². The first kappa shape index (κ1) is 18.4. The molecule has 0 aromatic heterocycles. The maximum atomic E-state index is 12.5. The van der Waals surface area contributed by atoms with Crippen LogP contribution >= 0.6 is 0 Å². The van der Waals surface area contributed by atoms with Crippen LogP contribution in [0.3, 0.4) is 0 Å². The van der Waals surface area contributed by atoms with Gasteiger partial charge in [0.1, 0.15) is 0 Å². The summed E-state index contributed by atoms with van der Waals surface area (Å²) in [5.41, 5.74) is 0. The van der Waals surface area contributed by atoms with Gasteiger partial charge in [-0.05, 0) is 33.6 Å². The standard InChI is InChI=1S/C14H28N2O4S/c1-4-16(13-6-9-21(19,20)11-13)14(18)10-15(12(2)3)7-5-8-17/h12-13,17H,4-11H2,1-3H3. The third-order valence-corrected chi connectivity index (χ3v) is 5.73. The van der Waals surface area contributed by atoms with Gasteiger partial charge in [-0.2, -0.15) is 0 Å². The number of carbonyl (C=O) groups is 1. The predicted molar refractivity (Wildman–Crippen MR) is 82.9 cm³/mol. The quantitative estimate of drug-likeness (QED) is 0.687. The molecule has 7 heteroatoms. The highest BCUT2D eigenvalue weighted by Gasteiger charge is 2.34. The van der Waals surface area contributed by atoms with Crippen LogP contribution in [0.4, 0.5) is 0 Å². The molecule has 0 radical (unpaired) electrons. The molecule has 1 saturated heterocycles. The molecule has 1 aliphatic heterocycles. The fraction of sp³-hybridized carbons (Fsp3) is 0.929. The van der Waals surface area contributed by atoms with Gasteiger partial charge in [0.05, 0.1) is 18.1 Å². The maximum absolute atomic E-state index is 12.5. The summed E-state index contributed by atoms with van der Waals surface area (Å²) in [6, 6.07) is 0.0332. The second kappa shape index (κ2) is 8.10. The van der Waals surface area contributed by atoms with Crippen LogP contribution in [0.25, 0.3) is 0 Å². The molecule has 0 bridgehead atoms. The van der Waals surface area contributed by atoms with Crippen molar-refractivity contribution in [1.82, 2.24) is 9.80 Å². The minimum atomic E-state index is -2.98. The van der Waals surface area contributed by atoms with Gasteiger partial charge >= 0.3 is 0 Å². The summed E-state index contributed by atoms with van der Waals surface area (Å²) in [5.74, 6) is 0.247.